The molecule has 1 amide bonds. The van der Waals surface area contributed by atoms with E-state index < -0.39 is 0 Å². The number of carbonyl (C=O) groups is 1. The largest absolute Gasteiger partial charge is 0.384 e. The molecule has 0 bridgehead atoms. The van der Waals surface area contributed by atoms with Crippen LogP contribution < -0.4 is 11.3 Å². The summed E-state index contributed by atoms with van der Waals surface area (Å²) in [6.45, 7) is 3.09. The van der Waals surface area contributed by atoms with Crippen molar-refractivity contribution in [1.82, 2.24) is 24.6 Å². The molecular weight excluding hydrogens is 384 g/mol. The molecule has 0 radical (unpaired) electrons. The number of morpholine rings is 1. The number of pyridine rings is 2. The highest BCUT2D eigenvalue weighted by molar-refractivity contribution is 5.92. The Labute approximate surface area is 173 Å². The second kappa shape index (κ2) is 8.03. The summed E-state index contributed by atoms with van der Waals surface area (Å²) in [4.78, 5) is 34.9. The number of amides is 1. The molecule has 1 saturated heterocycles. The van der Waals surface area contributed by atoms with Gasteiger partial charge in [-0.05, 0) is 42.8 Å². The number of rotatable bonds is 3. The van der Waals surface area contributed by atoms with E-state index in [0.29, 0.717) is 25.5 Å². The maximum Gasteiger partial charge on any atom is 0.274 e. The predicted molar refractivity (Wildman–Crippen MR) is 111 cm³/mol. The normalized spacial score (nSPS) is 16.5. The molecule has 4 rings (SSSR count). The molecule has 1 unspecified atom stereocenters. The molecule has 30 heavy (non-hydrogen) atoms. The van der Waals surface area contributed by atoms with Gasteiger partial charge in [-0.25, -0.2) is 9.67 Å². The van der Waals surface area contributed by atoms with E-state index in [2.05, 4.69) is 15.1 Å². The van der Waals surface area contributed by atoms with Crippen LogP contribution in [-0.4, -0.2) is 50.3 Å². The summed E-state index contributed by atoms with van der Waals surface area (Å²) in [6, 6.07) is 10.4. The van der Waals surface area contributed by atoms with Crippen molar-refractivity contribution in [3.8, 4) is 11.1 Å². The van der Waals surface area contributed by atoms with Crippen LogP contribution in [0.3, 0.4) is 0 Å². The Hall–Kier alpha value is -3.59. The van der Waals surface area contributed by atoms with Crippen molar-refractivity contribution >= 4 is 11.7 Å². The van der Waals surface area contributed by atoms with E-state index in [4.69, 9.17) is 10.5 Å². The fourth-order valence-electron chi connectivity index (χ4n) is 3.39. The lowest BCUT2D eigenvalue weighted by atomic mass is 10.0. The van der Waals surface area contributed by atoms with Crippen molar-refractivity contribution < 1.29 is 9.53 Å². The minimum atomic E-state index is -0.365. The Kier molecular flexibility index (Phi) is 5.28. The van der Waals surface area contributed by atoms with Gasteiger partial charge in [0, 0.05) is 37.1 Å². The topological polar surface area (TPSA) is 116 Å². The van der Waals surface area contributed by atoms with Gasteiger partial charge in [0.1, 0.15) is 17.6 Å². The van der Waals surface area contributed by atoms with Crippen molar-refractivity contribution in [2.24, 2.45) is 7.05 Å². The number of aryl methyl sites for hydroxylation is 2. The first kappa shape index (κ1) is 19.7. The highest BCUT2D eigenvalue weighted by atomic mass is 16.5. The van der Waals surface area contributed by atoms with Crippen molar-refractivity contribution in [2.75, 3.05) is 25.4 Å². The first-order valence-electron chi connectivity index (χ1n) is 9.56. The molecule has 9 nitrogen and oxygen atoms in total. The summed E-state index contributed by atoms with van der Waals surface area (Å²) in [5.74, 6) is 0.219. The smallest absolute Gasteiger partial charge is 0.274 e. The lowest BCUT2D eigenvalue weighted by molar-refractivity contribution is -0.0250. The molecule has 1 aliphatic heterocycles. The van der Waals surface area contributed by atoms with Gasteiger partial charge in [0.15, 0.2) is 0 Å². The van der Waals surface area contributed by atoms with E-state index >= 15 is 0 Å². The Morgan fingerprint density at radius 1 is 1.20 bits per heavy atom. The number of carbonyl (C=O) groups excluding carboxylic acids is 1. The minimum absolute atomic E-state index is 0.226. The molecule has 0 saturated carbocycles. The summed E-state index contributed by atoms with van der Waals surface area (Å²) >= 11 is 0. The SMILES string of the molecule is Cc1cc(-c2ccc(N)nc2)cc(C2CN(C(=O)c3ccc(=O)n(C)n3)CCO2)n1. The van der Waals surface area contributed by atoms with E-state index in [1.165, 1.54) is 19.2 Å². The number of nitrogens with zero attached hydrogens (tertiary/aromatic N) is 5. The van der Waals surface area contributed by atoms with E-state index in [9.17, 15) is 9.59 Å². The van der Waals surface area contributed by atoms with Gasteiger partial charge in [-0.2, -0.15) is 5.10 Å². The number of hydrogen-bond donors (Lipinski definition) is 1. The van der Waals surface area contributed by atoms with Crippen molar-refractivity contribution in [2.45, 2.75) is 13.0 Å². The third-order valence-electron chi connectivity index (χ3n) is 4.96. The number of hydrogen-bond acceptors (Lipinski definition) is 7. The molecule has 9 heteroatoms. The monoisotopic (exact) mass is 406 g/mol. The summed E-state index contributed by atoms with van der Waals surface area (Å²) in [5.41, 5.74) is 9.11. The van der Waals surface area contributed by atoms with Crippen molar-refractivity contribution in [3.63, 3.8) is 0 Å². The van der Waals surface area contributed by atoms with Gasteiger partial charge in [-0.15, -0.1) is 0 Å². The zero-order valence-corrected chi connectivity index (χ0v) is 16.8. The van der Waals surface area contributed by atoms with E-state index in [1.807, 2.05) is 25.1 Å². The fraction of sp³-hybridized carbons (Fsp3) is 0.286. The van der Waals surface area contributed by atoms with Crippen LogP contribution in [0.15, 0.2) is 47.4 Å². The van der Waals surface area contributed by atoms with Crippen LogP contribution in [0.1, 0.15) is 28.0 Å². The number of anilines is 1. The van der Waals surface area contributed by atoms with Crippen LogP contribution >= 0.6 is 0 Å². The molecule has 0 aliphatic carbocycles. The van der Waals surface area contributed by atoms with Gasteiger partial charge in [-0.3, -0.25) is 14.6 Å². The molecule has 3 aromatic heterocycles. The molecule has 0 spiro atoms. The first-order chi connectivity index (χ1) is 14.4. The third kappa shape index (κ3) is 4.06. The molecule has 1 fully saturated rings. The van der Waals surface area contributed by atoms with Crippen LogP contribution in [0.2, 0.25) is 0 Å². The summed E-state index contributed by atoms with van der Waals surface area (Å²) in [5, 5.41) is 4.06. The minimum Gasteiger partial charge on any atom is -0.384 e. The summed E-state index contributed by atoms with van der Waals surface area (Å²) in [7, 11) is 1.52. The van der Waals surface area contributed by atoms with E-state index in [-0.39, 0.29) is 23.3 Å². The highest BCUT2D eigenvalue weighted by Crippen LogP contribution is 2.27. The van der Waals surface area contributed by atoms with Crippen molar-refractivity contribution in [3.05, 3.63) is 70.0 Å². The lowest BCUT2D eigenvalue weighted by Gasteiger charge is -2.32. The highest BCUT2D eigenvalue weighted by Gasteiger charge is 2.28. The van der Waals surface area contributed by atoms with E-state index in [1.54, 1.807) is 17.2 Å². The Balaban J connectivity index is 1.58. The number of nitrogens with two attached hydrogens (primary N) is 1. The van der Waals surface area contributed by atoms with Crippen LogP contribution in [0.4, 0.5) is 5.82 Å². The second-order valence-corrected chi connectivity index (χ2v) is 7.18. The molecular formula is C21H22N6O3. The van der Waals surface area contributed by atoms with Gasteiger partial charge in [-0.1, -0.05) is 0 Å². The fourth-order valence-corrected chi connectivity index (χ4v) is 3.39. The Bertz CT molecular complexity index is 1140. The zero-order valence-electron chi connectivity index (χ0n) is 16.8. The first-order valence-corrected chi connectivity index (χ1v) is 9.56. The average Bonchev–Trinajstić information content (AvgIpc) is 2.75. The maximum atomic E-state index is 12.9. The van der Waals surface area contributed by atoms with Gasteiger partial charge >= 0.3 is 0 Å². The van der Waals surface area contributed by atoms with E-state index in [0.717, 1.165) is 27.2 Å². The van der Waals surface area contributed by atoms with Gasteiger partial charge < -0.3 is 15.4 Å². The summed E-state index contributed by atoms with van der Waals surface area (Å²) in [6.07, 6.45) is 1.35. The maximum absolute atomic E-state index is 12.9. The lowest BCUT2D eigenvalue weighted by Crippen LogP contribution is -2.43. The molecule has 3 aromatic rings. The van der Waals surface area contributed by atoms with Crippen LogP contribution in [0.25, 0.3) is 11.1 Å². The van der Waals surface area contributed by atoms with Crippen molar-refractivity contribution in [1.29, 1.82) is 0 Å². The molecule has 4 heterocycles. The van der Waals surface area contributed by atoms with Crippen LogP contribution in [-0.2, 0) is 11.8 Å². The number of nitrogen functional groups attached to an aromatic ring is 1. The van der Waals surface area contributed by atoms with Gasteiger partial charge in [0.2, 0.25) is 0 Å². The molecule has 1 aliphatic rings. The van der Waals surface area contributed by atoms with Gasteiger partial charge in [0.05, 0.1) is 18.8 Å². The number of ether oxygens (including phenoxy) is 1. The molecule has 0 aromatic carbocycles. The summed E-state index contributed by atoms with van der Waals surface area (Å²) < 4.78 is 7.07. The molecule has 154 valence electrons. The Morgan fingerprint density at radius 2 is 2.03 bits per heavy atom. The quantitative estimate of drug-likeness (QED) is 0.698. The predicted octanol–water partition coefficient (Wildman–Crippen LogP) is 1.34. The molecule has 1 atom stereocenters. The van der Waals surface area contributed by atoms with Gasteiger partial charge in [0.25, 0.3) is 11.5 Å². The van der Waals surface area contributed by atoms with Crippen LogP contribution in [0.5, 0.6) is 0 Å². The van der Waals surface area contributed by atoms with Crippen LogP contribution in [0, 0.1) is 6.92 Å². The third-order valence-corrected chi connectivity index (χ3v) is 4.96. The second-order valence-electron chi connectivity index (χ2n) is 7.18. The zero-order chi connectivity index (χ0) is 21.3. The standard InChI is InChI=1S/C21H22N6O3/c1-13-9-15(14-3-5-19(22)23-11-14)10-17(24-13)18-12-27(7-8-30-18)21(29)16-4-6-20(28)26(2)25-16/h3-6,9-11,18H,7-8,12H2,1-2H3,(H2,22,23). The Morgan fingerprint density at radius 3 is 2.77 bits per heavy atom. The number of aromatic nitrogens is 4. The molecule has 2 N–H and O–H groups in total. The average molecular weight is 406 g/mol.